The maximum absolute atomic E-state index is 13.9. The van der Waals surface area contributed by atoms with E-state index in [0.29, 0.717) is 18.1 Å². The van der Waals surface area contributed by atoms with Crippen LogP contribution in [0.3, 0.4) is 0 Å². The van der Waals surface area contributed by atoms with E-state index >= 15 is 0 Å². The highest BCUT2D eigenvalue weighted by Gasteiger charge is 2.39. The Morgan fingerprint density at radius 3 is 2.70 bits per heavy atom. The molecule has 1 aliphatic heterocycles. The summed E-state index contributed by atoms with van der Waals surface area (Å²) in [5.74, 6) is -0.597. The second-order valence-corrected chi connectivity index (χ2v) is 8.16. The number of amides is 2. The van der Waals surface area contributed by atoms with Crippen LogP contribution in [0, 0.1) is 5.82 Å². The monoisotopic (exact) mass is 452 g/mol. The zero-order valence-corrected chi connectivity index (χ0v) is 18.1. The standard InChI is InChI=1S/C24H25FN4O4/c1-15(23-27-21(33-28-23)11-16-7-3-2-4-8-16)26-24(32)20-13-18(30)14-29(20)22(31)12-17-9-5-6-10-19(17)25/h2-10,15,18,20,30H,11-14H2,1H3,(H,26,32). The number of aliphatic hydroxyl groups is 1. The molecule has 8 nitrogen and oxygen atoms in total. The summed E-state index contributed by atoms with van der Waals surface area (Å²) in [7, 11) is 0. The molecule has 0 spiro atoms. The smallest absolute Gasteiger partial charge is 0.243 e. The van der Waals surface area contributed by atoms with Crippen LogP contribution in [0.2, 0.25) is 0 Å². The zero-order valence-electron chi connectivity index (χ0n) is 18.1. The van der Waals surface area contributed by atoms with Gasteiger partial charge in [-0.15, -0.1) is 0 Å². The van der Waals surface area contributed by atoms with E-state index in [9.17, 15) is 19.1 Å². The number of rotatable bonds is 7. The van der Waals surface area contributed by atoms with Gasteiger partial charge in [0.15, 0.2) is 5.82 Å². The number of halogens is 1. The summed E-state index contributed by atoms with van der Waals surface area (Å²) in [4.78, 5) is 31.4. The highest BCUT2D eigenvalue weighted by molar-refractivity contribution is 5.89. The molecule has 2 heterocycles. The Labute approximate surface area is 190 Å². The second-order valence-electron chi connectivity index (χ2n) is 8.16. The lowest BCUT2D eigenvalue weighted by atomic mass is 10.1. The van der Waals surface area contributed by atoms with E-state index in [0.717, 1.165) is 5.56 Å². The Morgan fingerprint density at radius 2 is 1.94 bits per heavy atom. The maximum Gasteiger partial charge on any atom is 0.243 e. The summed E-state index contributed by atoms with van der Waals surface area (Å²) in [6.07, 6.45) is -0.440. The molecule has 1 saturated heterocycles. The molecule has 2 amide bonds. The average Bonchev–Trinajstić information content (AvgIpc) is 3.43. The minimum atomic E-state index is -0.864. The van der Waals surface area contributed by atoms with Crippen molar-refractivity contribution in [3.05, 3.63) is 83.3 Å². The van der Waals surface area contributed by atoms with E-state index in [-0.39, 0.29) is 24.9 Å². The van der Waals surface area contributed by atoms with Gasteiger partial charge in [0.2, 0.25) is 17.7 Å². The second kappa shape index (κ2) is 9.91. The Hall–Kier alpha value is -3.59. The quantitative estimate of drug-likeness (QED) is 0.569. The van der Waals surface area contributed by atoms with Crippen LogP contribution in [0.5, 0.6) is 0 Å². The predicted octanol–water partition coefficient (Wildman–Crippen LogP) is 2.18. The van der Waals surface area contributed by atoms with Crippen LogP contribution < -0.4 is 5.32 Å². The van der Waals surface area contributed by atoms with Crippen molar-refractivity contribution in [2.75, 3.05) is 6.54 Å². The van der Waals surface area contributed by atoms with Crippen molar-refractivity contribution in [2.24, 2.45) is 0 Å². The van der Waals surface area contributed by atoms with Gasteiger partial charge in [-0.25, -0.2) is 4.39 Å². The molecule has 2 aromatic carbocycles. The molecule has 0 aliphatic carbocycles. The van der Waals surface area contributed by atoms with Crippen LogP contribution in [-0.2, 0) is 22.4 Å². The van der Waals surface area contributed by atoms with E-state index in [1.54, 1.807) is 19.1 Å². The van der Waals surface area contributed by atoms with Gasteiger partial charge in [-0.2, -0.15) is 4.98 Å². The Morgan fingerprint density at radius 1 is 1.21 bits per heavy atom. The lowest BCUT2D eigenvalue weighted by molar-refractivity contribution is -0.138. The lowest BCUT2D eigenvalue weighted by Gasteiger charge is -2.24. The normalized spacial score (nSPS) is 18.8. The maximum atomic E-state index is 13.9. The molecule has 3 aromatic rings. The molecule has 0 bridgehead atoms. The number of hydrogen-bond acceptors (Lipinski definition) is 6. The fourth-order valence-corrected chi connectivity index (χ4v) is 3.90. The van der Waals surface area contributed by atoms with Crippen LogP contribution in [0.15, 0.2) is 59.1 Å². The first-order valence-electron chi connectivity index (χ1n) is 10.8. The molecule has 1 fully saturated rings. The van der Waals surface area contributed by atoms with Crippen molar-refractivity contribution in [3.8, 4) is 0 Å². The number of aromatic nitrogens is 2. The van der Waals surface area contributed by atoms with Gasteiger partial charge >= 0.3 is 0 Å². The van der Waals surface area contributed by atoms with E-state index < -0.39 is 35.8 Å². The summed E-state index contributed by atoms with van der Waals surface area (Å²) in [6.45, 7) is 1.73. The van der Waals surface area contributed by atoms with E-state index in [2.05, 4.69) is 15.5 Å². The van der Waals surface area contributed by atoms with E-state index in [4.69, 9.17) is 4.52 Å². The summed E-state index contributed by atoms with van der Waals surface area (Å²) >= 11 is 0. The molecule has 0 radical (unpaired) electrons. The Bertz CT molecular complexity index is 1120. The number of carbonyl (C=O) groups is 2. The van der Waals surface area contributed by atoms with E-state index in [1.165, 1.54) is 17.0 Å². The molecular formula is C24H25FN4O4. The molecule has 9 heteroatoms. The minimum absolute atomic E-state index is 0.0171. The minimum Gasteiger partial charge on any atom is -0.391 e. The third-order valence-electron chi connectivity index (χ3n) is 5.63. The molecule has 3 atom stereocenters. The van der Waals surface area contributed by atoms with E-state index in [1.807, 2.05) is 30.3 Å². The first-order chi connectivity index (χ1) is 15.9. The van der Waals surface area contributed by atoms with Crippen LogP contribution in [0.4, 0.5) is 4.39 Å². The van der Waals surface area contributed by atoms with Gasteiger partial charge in [0.25, 0.3) is 0 Å². The third kappa shape index (κ3) is 5.43. The molecule has 2 N–H and O–H groups in total. The SMILES string of the molecule is CC(NC(=O)C1CC(O)CN1C(=O)Cc1ccccc1F)c1noc(Cc2ccccc2)n1. The molecular weight excluding hydrogens is 427 g/mol. The molecule has 172 valence electrons. The first kappa shape index (κ1) is 22.6. The predicted molar refractivity (Wildman–Crippen MR) is 116 cm³/mol. The highest BCUT2D eigenvalue weighted by Crippen LogP contribution is 2.22. The van der Waals surface area contributed by atoms with Crippen molar-refractivity contribution in [2.45, 2.75) is 44.4 Å². The largest absolute Gasteiger partial charge is 0.391 e. The molecule has 1 aliphatic rings. The number of benzene rings is 2. The van der Waals surface area contributed by atoms with Gasteiger partial charge in [-0.1, -0.05) is 53.7 Å². The number of nitrogens with zero attached hydrogens (tertiary/aromatic N) is 3. The van der Waals surface area contributed by atoms with Gasteiger partial charge in [-0.05, 0) is 24.1 Å². The Kier molecular flexibility index (Phi) is 6.79. The van der Waals surface area contributed by atoms with Gasteiger partial charge in [0.05, 0.1) is 25.0 Å². The van der Waals surface area contributed by atoms with Crippen LogP contribution in [0.1, 0.15) is 42.2 Å². The highest BCUT2D eigenvalue weighted by atomic mass is 19.1. The van der Waals surface area contributed by atoms with Crippen molar-refractivity contribution < 1.29 is 23.6 Å². The first-order valence-corrected chi connectivity index (χ1v) is 10.8. The van der Waals surface area contributed by atoms with Crippen molar-refractivity contribution in [1.82, 2.24) is 20.4 Å². The third-order valence-corrected chi connectivity index (χ3v) is 5.63. The topological polar surface area (TPSA) is 109 Å². The summed E-state index contributed by atoms with van der Waals surface area (Å²) < 4.78 is 19.2. The number of carbonyl (C=O) groups excluding carboxylic acids is 2. The average molecular weight is 452 g/mol. The number of nitrogens with one attached hydrogen (secondary N) is 1. The van der Waals surface area contributed by atoms with Gasteiger partial charge in [-0.3, -0.25) is 9.59 Å². The molecule has 33 heavy (non-hydrogen) atoms. The molecule has 4 rings (SSSR count). The van der Waals surface area contributed by atoms with Crippen molar-refractivity contribution >= 4 is 11.8 Å². The van der Waals surface area contributed by atoms with Gasteiger partial charge in [0.1, 0.15) is 11.9 Å². The number of likely N-dealkylation sites (tertiary alicyclic amines) is 1. The fourth-order valence-electron chi connectivity index (χ4n) is 3.90. The van der Waals surface area contributed by atoms with Crippen LogP contribution in [0.25, 0.3) is 0 Å². The fraction of sp³-hybridized carbons (Fsp3) is 0.333. The van der Waals surface area contributed by atoms with Gasteiger partial charge in [0, 0.05) is 13.0 Å². The van der Waals surface area contributed by atoms with Crippen molar-refractivity contribution in [1.29, 1.82) is 0 Å². The summed E-state index contributed by atoms with van der Waals surface area (Å²) in [5, 5.41) is 16.8. The van der Waals surface area contributed by atoms with Crippen molar-refractivity contribution in [3.63, 3.8) is 0 Å². The molecule has 3 unspecified atom stereocenters. The number of β-amino-alcohol motifs (C(OH)–C–C–N with tert-alkyl or cyclic N) is 1. The molecule has 1 aromatic heterocycles. The van der Waals surface area contributed by atoms with Gasteiger partial charge < -0.3 is 19.8 Å². The van der Waals surface area contributed by atoms with Crippen LogP contribution >= 0.6 is 0 Å². The Balaban J connectivity index is 1.39. The van der Waals surface area contributed by atoms with Crippen LogP contribution in [-0.4, -0.2) is 50.7 Å². The number of aliphatic hydroxyl groups excluding tert-OH is 1. The molecule has 0 saturated carbocycles. The summed E-state index contributed by atoms with van der Waals surface area (Å²) in [6, 6.07) is 14.2. The zero-order chi connectivity index (χ0) is 23.4. The number of hydrogen-bond donors (Lipinski definition) is 2. The summed E-state index contributed by atoms with van der Waals surface area (Å²) in [5.41, 5.74) is 1.27. The lowest BCUT2D eigenvalue weighted by Crippen LogP contribution is -2.47.